The molecular weight excluding hydrogens is 374 g/mol. The van der Waals surface area contributed by atoms with E-state index in [1.165, 1.54) is 0 Å². The second kappa shape index (κ2) is 10.4. The van der Waals surface area contributed by atoms with Crippen molar-refractivity contribution in [1.29, 1.82) is 0 Å². The smallest absolute Gasteiger partial charge is 0.129 e. The Morgan fingerprint density at radius 1 is 0.933 bits per heavy atom. The van der Waals surface area contributed by atoms with Gasteiger partial charge >= 0.3 is 0 Å². The number of nitrogens with zero attached hydrogens (tertiary/aromatic N) is 1. The van der Waals surface area contributed by atoms with Gasteiger partial charge < -0.3 is 14.4 Å². The highest BCUT2D eigenvalue weighted by atomic mass is 16.5. The molecule has 0 unspecified atom stereocenters. The van der Waals surface area contributed by atoms with E-state index in [1.54, 1.807) is 7.11 Å². The lowest BCUT2D eigenvalue weighted by atomic mass is 9.95. The normalized spacial score (nSPS) is 10.5. The first-order chi connectivity index (χ1) is 14.6. The van der Waals surface area contributed by atoms with Crippen LogP contribution in [0.15, 0.2) is 72.8 Å². The molecule has 0 fully saturated rings. The molecule has 0 atom stereocenters. The van der Waals surface area contributed by atoms with Crippen LogP contribution in [0.3, 0.4) is 0 Å². The van der Waals surface area contributed by atoms with Crippen LogP contribution in [0.1, 0.15) is 11.1 Å². The van der Waals surface area contributed by atoms with E-state index in [4.69, 9.17) is 9.47 Å². The van der Waals surface area contributed by atoms with Crippen LogP contribution >= 0.6 is 0 Å². The molecular formula is C26H27NO3. The van der Waals surface area contributed by atoms with Crippen LogP contribution in [-0.2, 0) is 11.2 Å². The van der Waals surface area contributed by atoms with Gasteiger partial charge in [-0.15, -0.1) is 0 Å². The Morgan fingerprint density at radius 2 is 1.67 bits per heavy atom. The third kappa shape index (κ3) is 5.60. The molecule has 0 saturated heterocycles. The van der Waals surface area contributed by atoms with Gasteiger partial charge in [-0.1, -0.05) is 48.5 Å². The summed E-state index contributed by atoms with van der Waals surface area (Å²) in [5.41, 5.74) is 4.48. The predicted molar refractivity (Wildman–Crippen MR) is 122 cm³/mol. The van der Waals surface area contributed by atoms with Crippen LogP contribution in [0.2, 0.25) is 0 Å². The molecule has 154 valence electrons. The number of hydrogen-bond donors (Lipinski definition) is 0. The highest BCUT2D eigenvalue weighted by Gasteiger charge is 2.14. The van der Waals surface area contributed by atoms with Gasteiger partial charge in [-0.25, -0.2) is 4.79 Å². The van der Waals surface area contributed by atoms with E-state index in [1.807, 2.05) is 74.8 Å². The van der Waals surface area contributed by atoms with Crippen LogP contribution in [0, 0.1) is 0 Å². The summed E-state index contributed by atoms with van der Waals surface area (Å²) < 4.78 is 11.3. The van der Waals surface area contributed by atoms with Crippen LogP contribution in [0.25, 0.3) is 16.7 Å². The van der Waals surface area contributed by atoms with Crippen molar-refractivity contribution >= 4 is 11.5 Å². The summed E-state index contributed by atoms with van der Waals surface area (Å²) in [5, 5.41) is 0. The zero-order chi connectivity index (χ0) is 21.3. The van der Waals surface area contributed by atoms with Gasteiger partial charge in [0.1, 0.15) is 24.0 Å². The minimum absolute atomic E-state index is 0.468. The second-order valence-corrected chi connectivity index (χ2v) is 7.33. The van der Waals surface area contributed by atoms with E-state index in [-0.39, 0.29) is 0 Å². The molecule has 0 bridgehead atoms. The average molecular weight is 402 g/mol. The van der Waals surface area contributed by atoms with E-state index < -0.39 is 0 Å². The van der Waals surface area contributed by atoms with Gasteiger partial charge in [-0.2, -0.15) is 0 Å². The van der Waals surface area contributed by atoms with Crippen molar-refractivity contribution in [3.05, 3.63) is 83.9 Å². The molecule has 0 N–H and O–H groups in total. The molecule has 0 aromatic heterocycles. The first kappa shape index (κ1) is 21.4. The number of carbonyl (C=O) groups excluding carboxylic acids is 1. The molecule has 0 aliphatic heterocycles. The van der Waals surface area contributed by atoms with E-state index in [2.05, 4.69) is 23.0 Å². The Morgan fingerprint density at radius 3 is 2.30 bits per heavy atom. The summed E-state index contributed by atoms with van der Waals surface area (Å²) >= 11 is 0. The number of hydrogen-bond acceptors (Lipinski definition) is 4. The van der Waals surface area contributed by atoms with Crippen molar-refractivity contribution in [3.63, 3.8) is 0 Å². The summed E-state index contributed by atoms with van der Waals surface area (Å²) in [6.07, 6.45) is 0.468. The van der Waals surface area contributed by atoms with Crippen molar-refractivity contribution in [1.82, 2.24) is 4.90 Å². The summed E-state index contributed by atoms with van der Waals surface area (Å²) in [5.74, 6) is 3.64. The lowest BCUT2D eigenvalue weighted by Gasteiger charge is -2.16. The molecule has 0 saturated carbocycles. The average Bonchev–Trinajstić information content (AvgIpc) is 2.78. The fraction of sp³-hybridized carbons (Fsp3) is 0.231. The Bertz CT molecular complexity index is 1000. The summed E-state index contributed by atoms with van der Waals surface area (Å²) in [7, 11) is 5.64. The number of likely N-dealkylation sites (N-methyl/N-ethyl adjacent to an activating group) is 1. The topological polar surface area (TPSA) is 38.8 Å². The first-order valence-electron chi connectivity index (χ1n) is 9.95. The van der Waals surface area contributed by atoms with Crippen LogP contribution in [-0.4, -0.2) is 45.2 Å². The van der Waals surface area contributed by atoms with Gasteiger partial charge in [0.25, 0.3) is 0 Å². The Labute approximate surface area is 178 Å². The van der Waals surface area contributed by atoms with Crippen molar-refractivity contribution < 1.29 is 14.3 Å². The van der Waals surface area contributed by atoms with Crippen LogP contribution < -0.4 is 9.47 Å². The molecule has 0 amide bonds. The van der Waals surface area contributed by atoms with Crippen LogP contribution in [0.5, 0.6) is 11.5 Å². The maximum absolute atomic E-state index is 12.0. The molecule has 0 aliphatic carbocycles. The molecule has 3 aromatic carbocycles. The minimum Gasteiger partial charge on any atom is -0.497 e. The van der Waals surface area contributed by atoms with Gasteiger partial charge in [0, 0.05) is 18.5 Å². The number of rotatable bonds is 9. The zero-order valence-electron chi connectivity index (χ0n) is 17.7. The molecule has 0 heterocycles. The number of benzene rings is 3. The highest BCUT2D eigenvalue weighted by Crippen LogP contribution is 2.32. The van der Waals surface area contributed by atoms with E-state index in [9.17, 15) is 4.79 Å². The summed E-state index contributed by atoms with van der Waals surface area (Å²) in [6.45, 7) is 1.33. The third-order valence-electron chi connectivity index (χ3n) is 4.87. The summed E-state index contributed by atoms with van der Waals surface area (Å²) in [4.78, 5) is 14.0. The summed E-state index contributed by atoms with van der Waals surface area (Å²) in [6, 6.07) is 23.8. The van der Waals surface area contributed by atoms with E-state index in [0.29, 0.717) is 24.4 Å². The standard InChI is InChI=1S/C26H27NO3/c1-27(2)15-16-30-26-14-11-22(21-7-5-4-6-8-21)18-25(26)23(19-28)17-20-9-12-24(29-3)13-10-20/h4-14,18H,15-17H2,1-3H3. The Kier molecular flexibility index (Phi) is 7.45. The number of methoxy groups -OCH3 is 1. The number of ether oxygens (including phenoxy) is 2. The van der Waals surface area contributed by atoms with Gasteiger partial charge in [0.15, 0.2) is 0 Å². The molecule has 3 rings (SSSR count). The van der Waals surface area contributed by atoms with Crippen molar-refractivity contribution in [2.75, 3.05) is 34.4 Å². The van der Waals surface area contributed by atoms with Gasteiger partial charge in [0.05, 0.1) is 12.7 Å². The van der Waals surface area contributed by atoms with Gasteiger partial charge in [0.2, 0.25) is 0 Å². The number of allylic oxidation sites excluding steroid dienone is 1. The van der Waals surface area contributed by atoms with Crippen molar-refractivity contribution in [3.8, 4) is 22.6 Å². The van der Waals surface area contributed by atoms with Crippen LogP contribution in [0.4, 0.5) is 0 Å². The molecule has 0 aliphatic rings. The minimum atomic E-state index is 0.468. The first-order valence-corrected chi connectivity index (χ1v) is 9.95. The molecule has 0 spiro atoms. The molecule has 4 heteroatoms. The fourth-order valence-corrected chi connectivity index (χ4v) is 3.17. The maximum atomic E-state index is 12.0. The second-order valence-electron chi connectivity index (χ2n) is 7.33. The molecule has 30 heavy (non-hydrogen) atoms. The van der Waals surface area contributed by atoms with E-state index >= 15 is 0 Å². The molecule has 4 nitrogen and oxygen atoms in total. The predicted octanol–water partition coefficient (Wildman–Crippen LogP) is 4.76. The largest absolute Gasteiger partial charge is 0.497 e. The Hall–Kier alpha value is -3.33. The highest BCUT2D eigenvalue weighted by molar-refractivity contribution is 5.92. The monoisotopic (exact) mass is 401 g/mol. The SMILES string of the molecule is COc1ccc(CC(=C=O)c2cc(-c3ccccc3)ccc2OCCN(C)C)cc1. The maximum Gasteiger partial charge on any atom is 0.129 e. The molecule has 0 radical (unpaired) electrons. The quantitative estimate of drug-likeness (QED) is 0.485. The van der Waals surface area contributed by atoms with Gasteiger partial charge in [-0.3, -0.25) is 0 Å². The Balaban J connectivity index is 1.94. The van der Waals surface area contributed by atoms with Crippen molar-refractivity contribution in [2.24, 2.45) is 0 Å². The third-order valence-corrected chi connectivity index (χ3v) is 4.87. The lowest BCUT2D eigenvalue weighted by molar-refractivity contribution is 0.261. The van der Waals surface area contributed by atoms with Gasteiger partial charge in [-0.05, 0) is 55.1 Å². The lowest BCUT2D eigenvalue weighted by Crippen LogP contribution is -2.19. The van der Waals surface area contributed by atoms with Crippen molar-refractivity contribution in [2.45, 2.75) is 6.42 Å². The molecule has 3 aromatic rings. The fourth-order valence-electron chi connectivity index (χ4n) is 3.17. The zero-order valence-corrected chi connectivity index (χ0v) is 17.7. The van der Waals surface area contributed by atoms with E-state index in [0.717, 1.165) is 34.5 Å².